The number of carbonyl (C=O) groups is 1. The van der Waals surface area contributed by atoms with E-state index < -0.39 is 11.7 Å². The topological polar surface area (TPSA) is 33.2 Å². The van der Waals surface area contributed by atoms with Gasteiger partial charge in [0.1, 0.15) is 0 Å². The Labute approximate surface area is 155 Å². The summed E-state index contributed by atoms with van der Waals surface area (Å²) < 4.78 is 39.8. The van der Waals surface area contributed by atoms with Crippen LogP contribution in [0.25, 0.3) is 6.08 Å². The number of likely N-dealkylation sites (tertiary alicyclic amines) is 1. The standard InChI is InChI=1S/C21H19F3N2O/c22-21(23,24)19-4-2-1-3-18(19)14-6-9-26(10-7-14)20(27)16-11-15-5-8-25-13-17(15)12-16/h1-5,8,11,13-14H,6-7,9-10,12H2. The van der Waals surface area contributed by atoms with Crippen molar-refractivity contribution in [1.29, 1.82) is 0 Å². The number of alkyl halides is 3. The average molecular weight is 372 g/mol. The number of nitrogens with zero attached hydrogens (tertiary/aromatic N) is 2. The van der Waals surface area contributed by atoms with Gasteiger partial charge in [-0.2, -0.15) is 13.2 Å². The maximum absolute atomic E-state index is 13.3. The summed E-state index contributed by atoms with van der Waals surface area (Å²) in [5.74, 6) is -0.195. The smallest absolute Gasteiger partial charge is 0.339 e. The SMILES string of the molecule is O=C(C1=Cc2ccncc2C1)N1CCC(c2ccccc2C(F)(F)F)CC1. The van der Waals surface area contributed by atoms with Crippen molar-refractivity contribution in [3.63, 3.8) is 0 Å². The maximum Gasteiger partial charge on any atom is 0.416 e. The second kappa shape index (κ2) is 6.83. The van der Waals surface area contributed by atoms with Crippen molar-refractivity contribution in [2.24, 2.45) is 0 Å². The molecule has 0 spiro atoms. The van der Waals surface area contributed by atoms with Gasteiger partial charge >= 0.3 is 6.18 Å². The molecule has 0 bridgehead atoms. The summed E-state index contributed by atoms with van der Waals surface area (Å²) >= 11 is 0. The molecule has 4 rings (SSSR count). The van der Waals surface area contributed by atoms with Crippen molar-refractivity contribution in [3.05, 3.63) is 70.6 Å². The van der Waals surface area contributed by atoms with Crippen LogP contribution in [0.5, 0.6) is 0 Å². The summed E-state index contributed by atoms with van der Waals surface area (Å²) in [7, 11) is 0. The number of hydrogen-bond acceptors (Lipinski definition) is 2. The van der Waals surface area contributed by atoms with E-state index in [4.69, 9.17) is 0 Å². The van der Waals surface area contributed by atoms with Crippen LogP contribution in [0.3, 0.4) is 0 Å². The van der Waals surface area contributed by atoms with E-state index in [2.05, 4.69) is 4.98 Å². The lowest BCUT2D eigenvalue weighted by Crippen LogP contribution is -2.39. The van der Waals surface area contributed by atoms with Crippen molar-refractivity contribution < 1.29 is 18.0 Å². The summed E-state index contributed by atoms with van der Waals surface area (Å²) in [6.45, 7) is 0.948. The monoisotopic (exact) mass is 372 g/mol. The number of hydrogen-bond donors (Lipinski definition) is 0. The van der Waals surface area contributed by atoms with Gasteiger partial charge in [-0.15, -0.1) is 0 Å². The first-order valence-corrected chi connectivity index (χ1v) is 9.02. The Kier molecular flexibility index (Phi) is 4.50. The molecule has 2 aliphatic rings. The number of piperidine rings is 1. The van der Waals surface area contributed by atoms with Gasteiger partial charge in [0.05, 0.1) is 5.56 Å². The zero-order valence-corrected chi connectivity index (χ0v) is 14.7. The predicted octanol–water partition coefficient (Wildman–Crippen LogP) is 4.45. The first-order valence-electron chi connectivity index (χ1n) is 9.02. The fourth-order valence-electron chi connectivity index (χ4n) is 4.02. The Morgan fingerprint density at radius 1 is 1.11 bits per heavy atom. The Hall–Kier alpha value is -2.63. The van der Waals surface area contributed by atoms with Gasteiger partial charge in [0.2, 0.25) is 5.91 Å². The summed E-state index contributed by atoms with van der Waals surface area (Å²) in [6, 6.07) is 7.66. The highest BCUT2D eigenvalue weighted by Crippen LogP contribution is 2.39. The van der Waals surface area contributed by atoms with E-state index in [1.807, 2.05) is 12.1 Å². The van der Waals surface area contributed by atoms with Crippen LogP contribution in [0.1, 0.15) is 41.0 Å². The quantitative estimate of drug-likeness (QED) is 0.781. The highest BCUT2D eigenvalue weighted by Gasteiger charge is 2.36. The van der Waals surface area contributed by atoms with Crippen LogP contribution in [0.4, 0.5) is 13.2 Å². The van der Waals surface area contributed by atoms with Gasteiger partial charge in [0.15, 0.2) is 0 Å². The number of aromatic nitrogens is 1. The molecular formula is C21H19F3N2O. The van der Waals surface area contributed by atoms with Crippen molar-refractivity contribution in [2.75, 3.05) is 13.1 Å². The number of halogens is 3. The highest BCUT2D eigenvalue weighted by atomic mass is 19.4. The molecule has 1 aliphatic heterocycles. The molecule has 0 radical (unpaired) electrons. The van der Waals surface area contributed by atoms with Gasteiger partial charge in [0.25, 0.3) is 0 Å². The van der Waals surface area contributed by atoms with E-state index in [1.54, 1.807) is 29.4 Å². The van der Waals surface area contributed by atoms with E-state index in [1.165, 1.54) is 6.07 Å². The summed E-state index contributed by atoms with van der Waals surface area (Å²) in [4.78, 5) is 18.6. The van der Waals surface area contributed by atoms with Gasteiger partial charge in [-0.1, -0.05) is 18.2 Å². The summed E-state index contributed by atoms with van der Waals surface area (Å²) in [6.07, 6.45) is 2.67. The van der Waals surface area contributed by atoms with E-state index in [-0.39, 0.29) is 11.8 Å². The molecule has 1 aromatic carbocycles. The molecule has 2 heterocycles. The molecule has 1 fully saturated rings. The molecule has 0 N–H and O–H groups in total. The van der Waals surface area contributed by atoms with Crippen molar-refractivity contribution in [1.82, 2.24) is 9.88 Å². The van der Waals surface area contributed by atoms with Gasteiger partial charge in [-0.05, 0) is 53.7 Å². The third kappa shape index (κ3) is 3.48. The van der Waals surface area contributed by atoms with Crippen LogP contribution in [-0.2, 0) is 17.4 Å². The molecule has 1 aliphatic carbocycles. The van der Waals surface area contributed by atoms with Crippen LogP contribution in [-0.4, -0.2) is 28.9 Å². The van der Waals surface area contributed by atoms with Crippen LogP contribution < -0.4 is 0 Å². The molecule has 1 saturated heterocycles. The fraction of sp³-hybridized carbons (Fsp3) is 0.333. The van der Waals surface area contributed by atoms with Gasteiger partial charge in [-0.3, -0.25) is 9.78 Å². The lowest BCUT2D eigenvalue weighted by molar-refractivity contribution is -0.138. The molecule has 0 saturated carbocycles. The number of carbonyl (C=O) groups excluding carboxylic acids is 1. The normalized spacial score (nSPS) is 17.6. The average Bonchev–Trinajstić information content (AvgIpc) is 3.11. The fourth-order valence-corrected chi connectivity index (χ4v) is 4.02. The van der Waals surface area contributed by atoms with E-state index in [0.29, 0.717) is 37.9 Å². The van der Waals surface area contributed by atoms with Crippen LogP contribution >= 0.6 is 0 Å². The molecule has 2 aromatic rings. The third-order valence-corrected chi connectivity index (χ3v) is 5.41. The number of benzene rings is 1. The Balaban J connectivity index is 1.44. The molecule has 1 amide bonds. The molecule has 140 valence electrons. The van der Waals surface area contributed by atoms with Gasteiger partial charge in [-0.25, -0.2) is 0 Å². The lowest BCUT2D eigenvalue weighted by Gasteiger charge is -2.33. The van der Waals surface area contributed by atoms with Crippen LogP contribution in [0.15, 0.2) is 48.3 Å². The van der Waals surface area contributed by atoms with Crippen molar-refractivity contribution >= 4 is 12.0 Å². The number of pyridine rings is 1. The lowest BCUT2D eigenvalue weighted by atomic mass is 9.86. The van der Waals surface area contributed by atoms with E-state index in [9.17, 15) is 18.0 Å². The zero-order valence-electron chi connectivity index (χ0n) is 14.7. The zero-order chi connectivity index (χ0) is 19.0. The minimum absolute atomic E-state index is 0.0197. The van der Waals surface area contributed by atoms with Crippen LogP contribution in [0, 0.1) is 0 Å². The Morgan fingerprint density at radius 2 is 1.85 bits per heavy atom. The van der Waals surface area contributed by atoms with Crippen molar-refractivity contribution in [3.8, 4) is 0 Å². The molecule has 1 aromatic heterocycles. The minimum atomic E-state index is -4.35. The summed E-state index contributed by atoms with van der Waals surface area (Å²) in [5.41, 5.74) is 2.57. The second-order valence-corrected chi connectivity index (χ2v) is 7.07. The molecule has 0 unspecified atom stereocenters. The first-order chi connectivity index (χ1) is 12.9. The first kappa shape index (κ1) is 17.8. The number of rotatable bonds is 2. The second-order valence-electron chi connectivity index (χ2n) is 7.07. The Morgan fingerprint density at radius 3 is 2.56 bits per heavy atom. The molecule has 27 heavy (non-hydrogen) atoms. The highest BCUT2D eigenvalue weighted by molar-refractivity contribution is 6.00. The van der Waals surface area contributed by atoms with Crippen LogP contribution in [0.2, 0.25) is 0 Å². The minimum Gasteiger partial charge on any atom is -0.339 e. The van der Waals surface area contributed by atoms with Gasteiger partial charge in [0, 0.05) is 37.5 Å². The molecule has 6 heteroatoms. The third-order valence-electron chi connectivity index (χ3n) is 5.41. The number of fused-ring (bicyclic) bond motifs is 1. The van der Waals surface area contributed by atoms with E-state index >= 15 is 0 Å². The Bertz CT molecular complexity index is 896. The molecule has 0 atom stereocenters. The molecule has 3 nitrogen and oxygen atoms in total. The van der Waals surface area contributed by atoms with E-state index in [0.717, 1.165) is 22.8 Å². The van der Waals surface area contributed by atoms with Crippen molar-refractivity contribution in [2.45, 2.75) is 31.4 Å². The molecular weight excluding hydrogens is 353 g/mol. The number of amides is 1. The summed E-state index contributed by atoms with van der Waals surface area (Å²) in [5, 5.41) is 0. The predicted molar refractivity (Wildman–Crippen MR) is 95.9 cm³/mol. The maximum atomic E-state index is 13.3. The van der Waals surface area contributed by atoms with Gasteiger partial charge < -0.3 is 4.90 Å². The largest absolute Gasteiger partial charge is 0.416 e.